The molecule has 5 nitrogen and oxygen atoms in total. The van der Waals surface area contributed by atoms with Crippen molar-refractivity contribution in [2.24, 2.45) is 0 Å². The zero-order valence-electron chi connectivity index (χ0n) is 12.7. The van der Waals surface area contributed by atoms with Gasteiger partial charge in [-0.15, -0.1) is 11.3 Å². The maximum absolute atomic E-state index is 12.1. The Hall–Kier alpha value is -1.47. The first kappa shape index (κ1) is 16.4. The van der Waals surface area contributed by atoms with E-state index in [2.05, 4.69) is 10.3 Å². The summed E-state index contributed by atoms with van der Waals surface area (Å²) in [5.41, 5.74) is 1.14. The first-order valence-corrected chi connectivity index (χ1v) is 8.79. The summed E-state index contributed by atoms with van der Waals surface area (Å²) >= 11 is 7.50. The van der Waals surface area contributed by atoms with Gasteiger partial charge in [0.15, 0.2) is 11.7 Å². The fourth-order valence-electron chi connectivity index (χ4n) is 2.52. The number of anilines is 1. The highest BCUT2D eigenvalue weighted by Gasteiger charge is 2.18. The summed E-state index contributed by atoms with van der Waals surface area (Å²) in [6.07, 6.45) is 2.57. The predicted molar refractivity (Wildman–Crippen MR) is 91.4 cm³/mol. The number of benzene rings is 1. The largest absolute Gasteiger partial charge is 0.370 e. The molecular weight excluding hydrogens is 334 g/mol. The lowest BCUT2D eigenvalue weighted by atomic mass is 10.1. The SMILES string of the molecule is O=C(C[NH+]1CCOCC1)Nc1ncc(Cc2cccc(Cl)c2)s1. The molecule has 0 saturated carbocycles. The van der Waals surface area contributed by atoms with E-state index in [4.69, 9.17) is 16.3 Å². The molecule has 1 saturated heterocycles. The standard InChI is InChI=1S/C16H18ClN3O2S/c17-13-3-1-2-12(8-13)9-14-10-18-16(23-14)19-15(21)11-20-4-6-22-7-5-20/h1-3,8,10H,4-7,9,11H2,(H,18,19,21)/p+1. The molecule has 122 valence electrons. The number of morpholine rings is 1. The molecule has 1 aromatic heterocycles. The Bertz CT molecular complexity index is 671. The van der Waals surface area contributed by atoms with Crippen molar-refractivity contribution in [3.8, 4) is 0 Å². The maximum atomic E-state index is 12.1. The van der Waals surface area contributed by atoms with E-state index in [1.807, 2.05) is 30.5 Å². The van der Waals surface area contributed by atoms with Gasteiger partial charge in [-0.05, 0) is 17.7 Å². The van der Waals surface area contributed by atoms with Crippen LogP contribution in [0.4, 0.5) is 5.13 Å². The smallest absolute Gasteiger partial charge is 0.281 e. The fourth-order valence-corrected chi connectivity index (χ4v) is 3.60. The van der Waals surface area contributed by atoms with Crippen molar-refractivity contribution >= 4 is 34.0 Å². The van der Waals surface area contributed by atoms with Gasteiger partial charge in [-0.1, -0.05) is 23.7 Å². The molecule has 1 fully saturated rings. The van der Waals surface area contributed by atoms with Gasteiger partial charge in [-0.2, -0.15) is 0 Å². The Morgan fingerprint density at radius 1 is 1.39 bits per heavy atom. The maximum Gasteiger partial charge on any atom is 0.281 e. The lowest BCUT2D eigenvalue weighted by molar-refractivity contribution is -0.899. The Labute approximate surface area is 144 Å². The summed E-state index contributed by atoms with van der Waals surface area (Å²) in [5.74, 6) is 0.00514. The summed E-state index contributed by atoms with van der Waals surface area (Å²) in [6.45, 7) is 3.68. The molecule has 23 heavy (non-hydrogen) atoms. The second-order valence-electron chi connectivity index (χ2n) is 5.53. The number of nitrogens with one attached hydrogen (secondary N) is 2. The van der Waals surface area contributed by atoms with Crippen molar-refractivity contribution in [3.05, 3.63) is 45.9 Å². The molecule has 0 atom stereocenters. The lowest BCUT2D eigenvalue weighted by Crippen LogP contribution is -3.15. The highest BCUT2D eigenvalue weighted by molar-refractivity contribution is 7.15. The van der Waals surface area contributed by atoms with E-state index in [9.17, 15) is 4.79 Å². The fraction of sp³-hybridized carbons (Fsp3) is 0.375. The van der Waals surface area contributed by atoms with Gasteiger partial charge in [0, 0.05) is 22.5 Å². The second-order valence-corrected chi connectivity index (χ2v) is 7.08. The van der Waals surface area contributed by atoms with Gasteiger partial charge in [0.2, 0.25) is 0 Å². The Morgan fingerprint density at radius 3 is 3.00 bits per heavy atom. The van der Waals surface area contributed by atoms with Gasteiger partial charge in [0.05, 0.1) is 13.2 Å². The number of carbonyl (C=O) groups excluding carboxylic acids is 1. The zero-order chi connectivity index (χ0) is 16.1. The van der Waals surface area contributed by atoms with Crippen LogP contribution >= 0.6 is 22.9 Å². The molecular formula is C16H19ClN3O2S+. The number of ether oxygens (including phenoxy) is 1. The monoisotopic (exact) mass is 352 g/mol. The number of nitrogens with zero attached hydrogens (tertiary/aromatic N) is 1. The van der Waals surface area contributed by atoms with Gasteiger partial charge in [0.25, 0.3) is 5.91 Å². The topological polar surface area (TPSA) is 55.7 Å². The van der Waals surface area contributed by atoms with E-state index in [1.165, 1.54) is 16.2 Å². The molecule has 1 amide bonds. The molecule has 2 N–H and O–H groups in total. The first-order chi connectivity index (χ1) is 11.2. The molecule has 0 aliphatic carbocycles. The predicted octanol–water partition coefficient (Wildman–Crippen LogP) is 1.24. The van der Waals surface area contributed by atoms with Crippen LogP contribution in [0.1, 0.15) is 10.4 Å². The minimum Gasteiger partial charge on any atom is -0.370 e. The zero-order valence-corrected chi connectivity index (χ0v) is 14.3. The van der Waals surface area contributed by atoms with E-state index in [-0.39, 0.29) is 5.91 Å². The molecule has 1 aromatic carbocycles. The molecule has 0 spiro atoms. The van der Waals surface area contributed by atoms with Gasteiger partial charge < -0.3 is 9.64 Å². The molecule has 2 heterocycles. The van der Waals surface area contributed by atoms with Gasteiger partial charge in [0.1, 0.15) is 13.1 Å². The van der Waals surface area contributed by atoms with Crippen molar-refractivity contribution in [2.45, 2.75) is 6.42 Å². The van der Waals surface area contributed by atoms with Crippen LogP contribution in [0.15, 0.2) is 30.5 Å². The average molecular weight is 353 g/mol. The highest BCUT2D eigenvalue weighted by Crippen LogP contribution is 2.22. The summed E-state index contributed by atoms with van der Waals surface area (Å²) in [4.78, 5) is 18.7. The van der Waals surface area contributed by atoms with Crippen LogP contribution in [0.2, 0.25) is 5.02 Å². The number of rotatable bonds is 5. The molecule has 7 heteroatoms. The van der Waals surface area contributed by atoms with E-state index in [0.717, 1.165) is 48.2 Å². The van der Waals surface area contributed by atoms with E-state index in [1.54, 1.807) is 0 Å². The summed E-state index contributed by atoms with van der Waals surface area (Å²) < 4.78 is 5.30. The quantitative estimate of drug-likeness (QED) is 0.851. The first-order valence-electron chi connectivity index (χ1n) is 7.59. The van der Waals surface area contributed by atoms with Crippen molar-refractivity contribution in [2.75, 3.05) is 38.2 Å². The molecule has 3 rings (SSSR count). The molecule has 0 unspecified atom stereocenters. The van der Waals surface area contributed by atoms with Crippen molar-refractivity contribution in [1.29, 1.82) is 0 Å². The third-order valence-electron chi connectivity index (χ3n) is 3.68. The van der Waals surface area contributed by atoms with Crippen molar-refractivity contribution in [3.63, 3.8) is 0 Å². The van der Waals surface area contributed by atoms with Gasteiger partial charge >= 0.3 is 0 Å². The van der Waals surface area contributed by atoms with Crippen LogP contribution in [0.25, 0.3) is 0 Å². The Morgan fingerprint density at radius 2 is 2.22 bits per heavy atom. The molecule has 0 bridgehead atoms. The molecule has 2 aromatic rings. The van der Waals surface area contributed by atoms with E-state index in [0.29, 0.717) is 11.7 Å². The summed E-state index contributed by atoms with van der Waals surface area (Å²) in [6, 6.07) is 7.77. The molecule has 1 aliphatic rings. The van der Waals surface area contributed by atoms with E-state index < -0.39 is 0 Å². The molecule has 1 aliphatic heterocycles. The van der Waals surface area contributed by atoms with Crippen LogP contribution in [0.3, 0.4) is 0 Å². The van der Waals surface area contributed by atoms with Crippen molar-refractivity contribution in [1.82, 2.24) is 4.98 Å². The van der Waals surface area contributed by atoms with Gasteiger partial charge in [-0.3, -0.25) is 10.1 Å². The number of halogens is 1. The average Bonchev–Trinajstić information content (AvgIpc) is 2.95. The third-order valence-corrected chi connectivity index (χ3v) is 4.83. The van der Waals surface area contributed by atoms with Gasteiger partial charge in [-0.25, -0.2) is 4.98 Å². The minimum atomic E-state index is 0.00514. The lowest BCUT2D eigenvalue weighted by Gasteiger charge is -2.22. The summed E-state index contributed by atoms with van der Waals surface area (Å²) in [7, 11) is 0. The number of hydrogen-bond acceptors (Lipinski definition) is 4. The summed E-state index contributed by atoms with van der Waals surface area (Å²) in [5, 5.41) is 4.27. The number of thiazole rings is 1. The van der Waals surface area contributed by atoms with Crippen LogP contribution < -0.4 is 10.2 Å². The Kier molecular flexibility index (Phi) is 5.61. The van der Waals surface area contributed by atoms with Crippen molar-refractivity contribution < 1.29 is 14.4 Å². The Balaban J connectivity index is 1.53. The molecule has 0 radical (unpaired) electrons. The van der Waals surface area contributed by atoms with Crippen LogP contribution in [0, 0.1) is 0 Å². The van der Waals surface area contributed by atoms with E-state index >= 15 is 0 Å². The second kappa shape index (κ2) is 7.88. The van der Waals surface area contributed by atoms with Crippen LogP contribution in [-0.4, -0.2) is 43.7 Å². The number of quaternary nitrogens is 1. The normalized spacial score (nSPS) is 15.5. The number of hydrogen-bond donors (Lipinski definition) is 2. The van der Waals surface area contributed by atoms with Crippen LogP contribution in [0.5, 0.6) is 0 Å². The highest BCUT2D eigenvalue weighted by atomic mass is 35.5. The number of aromatic nitrogens is 1. The number of carbonyl (C=O) groups is 1. The van der Waals surface area contributed by atoms with Crippen LogP contribution in [-0.2, 0) is 16.0 Å². The minimum absolute atomic E-state index is 0.00514. The third kappa shape index (κ3) is 5.00. The number of amides is 1.